The minimum atomic E-state index is -0.493. The van der Waals surface area contributed by atoms with Gasteiger partial charge < -0.3 is 9.84 Å². The van der Waals surface area contributed by atoms with E-state index in [1.54, 1.807) is 18.7 Å². The van der Waals surface area contributed by atoms with E-state index in [0.29, 0.717) is 0 Å². The third-order valence-corrected chi connectivity index (χ3v) is 6.85. The van der Waals surface area contributed by atoms with Gasteiger partial charge in [-0.1, -0.05) is 78.4 Å². The van der Waals surface area contributed by atoms with Gasteiger partial charge in [0.15, 0.2) is 0 Å². The van der Waals surface area contributed by atoms with Crippen molar-refractivity contribution in [2.45, 2.75) is 36.1 Å². The first-order valence-corrected chi connectivity index (χ1v) is 11.7. The van der Waals surface area contributed by atoms with Crippen LogP contribution in [0.3, 0.4) is 0 Å². The second kappa shape index (κ2) is 10.1. The summed E-state index contributed by atoms with van der Waals surface area (Å²) in [6.45, 7) is 4.06. The molecule has 4 rings (SSSR count). The fourth-order valence-electron chi connectivity index (χ4n) is 3.97. The normalized spacial score (nSPS) is 20.8. The van der Waals surface area contributed by atoms with Gasteiger partial charge in [-0.15, -0.1) is 11.8 Å². The van der Waals surface area contributed by atoms with E-state index >= 15 is 0 Å². The molecule has 164 valence electrons. The highest BCUT2D eigenvalue weighted by atomic mass is 32.2. The molecular formula is C27H27NO3S. The van der Waals surface area contributed by atoms with Crippen molar-refractivity contribution >= 4 is 17.7 Å². The van der Waals surface area contributed by atoms with E-state index in [9.17, 15) is 9.90 Å². The third-order valence-electron chi connectivity index (χ3n) is 5.55. The summed E-state index contributed by atoms with van der Waals surface area (Å²) in [7, 11) is 0. The molecule has 5 heteroatoms. The number of aliphatic hydroxyl groups is 1. The molecule has 1 heterocycles. The number of nitrogens with one attached hydrogen (secondary N) is 1. The van der Waals surface area contributed by atoms with Crippen LogP contribution in [0.4, 0.5) is 0 Å². The lowest BCUT2D eigenvalue weighted by Gasteiger charge is -2.38. The molecule has 4 nitrogen and oxygen atoms in total. The predicted molar refractivity (Wildman–Crippen MR) is 129 cm³/mol. The Morgan fingerprint density at radius 1 is 0.938 bits per heavy atom. The van der Waals surface area contributed by atoms with E-state index in [0.717, 1.165) is 16.0 Å². The van der Waals surface area contributed by atoms with Crippen molar-refractivity contribution in [1.29, 1.82) is 0 Å². The monoisotopic (exact) mass is 445 g/mol. The van der Waals surface area contributed by atoms with Crippen LogP contribution < -0.4 is 5.32 Å². The largest absolute Gasteiger partial charge is 0.510 e. The van der Waals surface area contributed by atoms with Crippen LogP contribution in [0.5, 0.6) is 0 Å². The van der Waals surface area contributed by atoms with Crippen molar-refractivity contribution in [1.82, 2.24) is 5.32 Å². The lowest BCUT2D eigenvalue weighted by molar-refractivity contribution is -0.139. The summed E-state index contributed by atoms with van der Waals surface area (Å²) in [6.07, 6.45) is 0. The van der Waals surface area contributed by atoms with Gasteiger partial charge in [-0.3, -0.25) is 5.32 Å². The molecule has 0 amide bonds. The van der Waals surface area contributed by atoms with Crippen molar-refractivity contribution in [2.75, 3.05) is 6.61 Å². The smallest absolute Gasteiger partial charge is 0.339 e. The van der Waals surface area contributed by atoms with Crippen LogP contribution >= 0.6 is 11.8 Å². The molecule has 0 radical (unpaired) electrons. The van der Waals surface area contributed by atoms with Crippen LogP contribution in [-0.4, -0.2) is 22.9 Å². The summed E-state index contributed by atoms with van der Waals surface area (Å²) in [5.41, 5.74) is 3.40. The molecule has 0 aliphatic carbocycles. The number of rotatable bonds is 6. The molecule has 0 unspecified atom stereocenters. The lowest BCUT2D eigenvalue weighted by Crippen LogP contribution is -2.43. The Kier molecular flexibility index (Phi) is 6.98. The highest BCUT2D eigenvalue weighted by Gasteiger charge is 2.42. The van der Waals surface area contributed by atoms with Crippen molar-refractivity contribution in [3.8, 4) is 0 Å². The summed E-state index contributed by atoms with van der Waals surface area (Å²) in [5.74, 6) is -0.428. The Morgan fingerprint density at radius 3 is 2.12 bits per heavy atom. The average Bonchev–Trinajstić information content (AvgIpc) is 2.82. The van der Waals surface area contributed by atoms with Gasteiger partial charge >= 0.3 is 5.97 Å². The van der Waals surface area contributed by atoms with E-state index in [1.165, 1.54) is 5.56 Å². The molecule has 0 fully saturated rings. The summed E-state index contributed by atoms with van der Waals surface area (Å²) in [6, 6.07) is 27.3. The summed E-state index contributed by atoms with van der Waals surface area (Å²) in [5, 5.41) is 14.8. The van der Waals surface area contributed by atoms with Crippen molar-refractivity contribution in [3.05, 3.63) is 113 Å². The van der Waals surface area contributed by atoms with Gasteiger partial charge in [-0.2, -0.15) is 0 Å². The molecular weight excluding hydrogens is 418 g/mol. The predicted octanol–water partition coefficient (Wildman–Crippen LogP) is 5.92. The van der Waals surface area contributed by atoms with Crippen LogP contribution in [0.25, 0.3) is 0 Å². The molecule has 0 aromatic heterocycles. The number of esters is 1. The Bertz CT molecular complexity index is 1080. The molecule has 1 aliphatic heterocycles. The SMILES string of the molecule is CCOC(=O)C1=C(O)[C@H](Sc2ccc(C)cc2)[C@H](c2ccccc2)N[C@@H]1c1ccccc1. The van der Waals surface area contributed by atoms with Crippen LogP contribution in [0.2, 0.25) is 0 Å². The molecule has 0 saturated carbocycles. The highest BCUT2D eigenvalue weighted by Crippen LogP contribution is 2.44. The fraction of sp³-hybridized carbons (Fsp3) is 0.222. The van der Waals surface area contributed by atoms with E-state index in [-0.39, 0.29) is 29.2 Å². The maximum absolute atomic E-state index is 13.0. The van der Waals surface area contributed by atoms with Crippen molar-refractivity contribution in [3.63, 3.8) is 0 Å². The summed E-state index contributed by atoms with van der Waals surface area (Å²) in [4.78, 5) is 14.0. The van der Waals surface area contributed by atoms with Crippen LogP contribution in [0.15, 0.2) is 101 Å². The minimum absolute atomic E-state index is 0.0653. The maximum atomic E-state index is 13.0. The van der Waals surface area contributed by atoms with Gasteiger partial charge in [0.1, 0.15) is 5.76 Å². The fourth-order valence-corrected chi connectivity index (χ4v) is 5.16. The average molecular weight is 446 g/mol. The molecule has 1 aliphatic rings. The Morgan fingerprint density at radius 2 is 1.53 bits per heavy atom. The Labute approximate surface area is 193 Å². The first kappa shape index (κ1) is 22.2. The number of benzene rings is 3. The molecule has 3 aromatic rings. The second-order valence-electron chi connectivity index (χ2n) is 7.77. The van der Waals surface area contributed by atoms with Gasteiger partial charge in [-0.05, 0) is 37.1 Å². The zero-order valence-corrected chi connectivity index (χ0v) is 19.0. The van der Waals surface area contributed by atoms with E-state index in [1.807, 2.05) is 79.7 Å². The maximum Gasteiger partial charge on any atom is 0.339 e. The van der Waals surface area contributed by atoms with Gasteiger partial charge in [0.05, 0.1) is 29.5 Å². The first-order chi connectivity index (χ1) is 15.6. The van der Waals surface area contributed by atoms with E-state index in [4.69, 9.17) is 4.74 Å². The van der Waals surface area contributed by atoms with Gasteiger partial charge in [-0.25, -0.2) is 4.79 Å². The number of aliphatic hydroxyl groups excluding tert-OH is 1. The summed E-state index contributed by atoms with van der Waals surface area (Å²) >= 11 is 1.54. The first-order valence-electron chi connectivity index (χ1n) is 10.8. The molecule has 3 aromatic carbocycles. The molecule has 3 atom stereocenters. The quantitative estimate of drug-likeness (QED) is 0.462. The topological polar surface area (TPSA) is 58.6 Å². The Balaban J connectivity index is 1.83. The number of ether oxygens (including phenoxy) is 1. The van der Waals surface area contributed by atoms with Gasteiger partial charge in [0.25, 0.3) is 0 Å². The zero-order valence-electron chi connectivity index (χ0n) is 18.2. The Hall–Kier alpha value is -3.02. The van der Waals surface area contributed by atoms with Crippen molar-refractivity contribution < 1.29 is 14.6 Å². The van der Waals surface area contributed by atoms with E-state index in [2.05, 4.69) is 17.4 Å². The zero-order chi connectivity index (χ0) is 22.5. The van der Waals surface area contributed by atoms with Crippen LogP contribution in [0, 0.1) is 6.92 Å². The molecule has 0 saturated heterocycles. The standard InChI is InChI=1S/C27H27NO3S/c1-3-31-27(30)22-23(19-10-6-4-7-11-19)28-24(20-12-8-5-9-13-20)26(25(22)29)32-21-16-14-18(2)15-17-21/h4-17,23-24,26,28-29H,3H2,1-2H3/t23-,24+,26-/m1/s1. The number of carbonyl (C=O) groups excluding carboxylic acids is 1. The van der Waals surface area contributed by atoms with Gasteiger partial charge in [0, 0.05) is 4.90 Å². The molecule has 32 heavy (non-hydrogen) atoms. The molecule has 0 bridgehead atoms. The number of aryl methyl sites for hydroxylation is 1. The molecule has 0 spiro atoms. The molecule has 2 N–H and O–H groups in total. The second-order valence-corrected chi connectivity index (χ2v) is 8.98. The van der Waals surface area contributed by atoms with Crippen LogP contribution in [0.1, 0.15) is 35.7 Å². The number of hydrogen-bond acceptors (Lipinski definition) is 5. The van der Waals surface area contributed by atoms with E-state index < -0.39 is 12.0 Å². The third kappa shape index (κ3) is 4.74. The number of carbonyl (C=O) groups is 1. The number of thioether (sulfide) groups is 1. The summed E-state index contributed by atoms with van der Waals surface area (Å²) < 4.78 is 5.35. The minimum Gasteiger partial charge on any atom is -0.510 e. The number of hydrogen-bond donors (Lipinski definition) is 2. The highest BCUT2D eigenvalue weighted by molar-refractivity contribution is 8.00. The lowest BCUT2D eigenvalue weighted by atomic mass is 9.88. The van der Waals surface area contributed by atoms with Crippen LogP contribution in [-0.2, 0) is 9.53 Å². The van der Waals surface area contributed by atoms with Gasteiger partial charge in [0.2, 0.25) is 0 Å². The van der Waals surface area contributed by atoms with Crippen molar-refractivity contribution in [2.24, 2.45) is 0 Å².